The predicted molar refractivity (Wildman–Crippen MR) is 74.5 cm³/mol. The Morgan fingerprint density at radius 2 is 2.00 bits per heavy atom. The third-order valence-corrected chi connectivity index (χ3v) is 3.84. The smallest absolute Gasteiger partial charge is 0.234 e. The van der Waals surface area contributed by atoms with Crippen molar-refractivity contribution < 1.29 is 14.3 Å². The number of nitrogens with zero attached hydrogens (tertiary/aromatic N) is 1. The van der Waals surface area contributed by atoms with Gasteiger partial charge in [-0.1, -0.05) is 26.0 Å². The zero-order valence-corrected chi connectivity index (χ0v) is 11.9. The molecule has 1 amide bonds. The molecule has 2 rings (SSSR count). The lowest BCUT2D eigenvalue weighted by Crippen LogP contribution is -2.65. The molecule has 110 valence electrons. The largest absolute Gasteiger partial charge is 0.387 e. The highest BCUT2D eigenvalue weighted by atomic mass is 19.1. The number of hydrogen-bond acceptors (Lipinski definition) is 3. The Kier molecular flexibility index (Phi) is 4.40. The van der Waals surface area contributed by atoms with Gasteiger partial charge in [-0.05, 0) is 23.6 Å². The van der Waals surface area contributed by atoms with Gasteiger partial charge in [-0.3, -0.25) is 9.69 Å². The quantitative estimate of drug-likeness (QED) is 0.850. The molecular formula is C15H21FN2O2. The van der Waals surface area contributed by atoms with Crippen LogP contribution in [0, 0.1) is 11.7 Å². The number of aliphatic hydroxyl groups is 1. The first kappa shape index (κ1) is 14.9. The molecule has 1 aromatic carbocycles. The van der Waals surface area contributed by atoms with Crippen LogP contribution in [-0.2, 0) is 11.3 Å². The lowest BCUT2D eigenvalue weighted by molar-refractivity contribution is -0.142. The number of carbonyl (C=O) groups is 1. The maximum atomic E-state index is 12.7. The van der Waals surface area contributed by atoms with Crippen LogP contribution in [0.4, 0.5) is 4.39 Å². The third kappa shape index (κ3) is 3.55. The summed E-state index contributed by atoms with van der Waals surface area (Å²) in [6.45, 7) is 5.71. The number of hydrogen-bond donors (Lipinski definition) is 2. The monoisotopic (exact) mass is 280 g/mol. The van der Waals surface area contributed by atoms with Gasteiger partial charge in [0.2, 0.25) is 5.91 Å². The molecule has 1 aromatic rings. The Morgan fingerprint density at radius 3 is 2.55 bits per heavy atom. The number of halogens is 1. The fraction of sp³-hybridized carbons (Fsp3) is 0.533. The molecule has 0 aromatic heterocycles. The molecule has 1 aliphatic heterocycles. The summed E-state index contributed by atoms with van der Waals surface area (Å²) in [7, 11) is 0. The zero-order valence-electron chi connectivity index (χ0n) is 11.9. The second-order valence-electron chi connectivity index (χ2n) is 5.81. The molecule has 20 heavy (non-hydrogen) atoms. The topological polar surface area (TPSA) is 52.6 Å². The van der Waals surface area contributed by atoms with Gasteiger partial charge >= 0.3 is 0 Å². The number of benzene rings is 1. The summed E-state index contributed by atoms with van der Waals surface area (Å²) in [6, 6.07) is 6.05. The van der Waals surface area contributed by atoms with Gasteiger partial charge in [-0.2, -0.15) is 0 Å². The van der Waals surface area contributed by atoms with Crippen molar-refractivity contribution in [1.29, 1.82) is 0 Å². The van der Waals surface area contributed by atoms with E-state index in [0.717, 1.165) is 5.56 Å². The molecule has 1 fully saturated rings. The molecule has 1 saturated heterocycles. The Morgan fingerprint density at radius 1 is 1.40 bits per heavy atom. The van der Waals surface area contributed by atoms with Gasteiger partial charge in [0.15, 0.2) is 0 Å². The first-order valence-corrected chi connectivity index (χ1v) is 6.85. The van der Waals surface area contributed by atoms with Crippen LogP contribution in [0.15, 0.2) is 24.3 Å². The minimum Gasteiger partial charge on any atom is -0.387 e. The summed E-state index contributed by atoms with van der Waals surface area (Å²) in [5.41, 5.74) is 0.207. The number of β-amino-alcohol motifs (C(OH)–C–C–N with tert-alkyl or cyclic N) is 1. The van der Waals surface area contributed by atoms with E-state index in [-0.39, 0.29) is 24.2 Å². The van der Waals surface area contributed by atoms with Crippen LogP contribution in [0.1, 0.15) is 19.4 Å². The summed E-state index contributed by atoms with van der Waals surface area (Å²) < 4.78 is 12.7. The molecule has 0 aliphatic carbocycles. The van der Waals surface area contributed by atoms with Crippen LogP contribution in [0.5, 0.6) is 0 Å². The average Bonchev–Trinajstić information content (AvgIpc) is 2.36. The van der Waals surface area contributed by atoms with E-state index < -0.39 is 5.60 Å². The average molecular weight is 280 g/mol. The van der Waals surface area contributed by atoms with Crippen LogP contribution >= 0.6 is 0 Å². The summed E-state index contributed by atoms with van der Waals surface area (Å²) in [5.74, 6) is -0.171. The van der Waals surface area contributed by atoms with Crippen molar-refractivity contribution in [2.45, 2.75) is 26.0 Å². The van der Waals surface area contributed by atoms with Gasteiger partial charge in [0, 0.05) is 19.6 Å². The van der Waals surface area contributed by atoms with Crippen molar-refractivity contribution in [3.05, 3.63) is 35.6 Å². The van der Waals surface area contributed by atoms with Crippen molar-refractivity contribution in [2.75, 3.05) is 19.6 Å². The second kappa shape index (κ2) is 5.89. The fourth-order valence-corrected chi connectivity index (χ4v) is 2.27. The molecule has 0 bridgehead atoms. The zero-order chi connectivity index (χ0) is 14.8. The molecular weight excluding hydrogens is 259 g/mol. The maximum Gasteiger partial charge on any atom is 0.234 e. The van der Waals surface area contributed by atoms with Gasteiger partial charge in [-0.25, -0.2) is 4.39 Å². The summed E-state index contributed by atoms with van der Waals surface area (Å²) >= 11 is 0. The molecule has 0 spiro atoms. The third-order valence-electron chi connectivity index (χ3n) is 3.84. The van der Waals surface area contributed by atoms with E-state index in [1.54, 1.807) is 12.1 Å². The second-order valence-corrected chi connectivity index (χ2v) is 5.81. The van der Waals surface area contributed by atoms with Crippen molar-refractivity contribution in [3.8, 4) is 0 Å². The first-order chi connectivity index (χ1) is 9.39. The van der Waals surface area contributed by atoms with Gasteiger partial charge in [0.25, 0.3) is 0 Å². The summed E-state index contributed by atoms with van der Waals surface area (Å²) in [5, 5.41) is 12.9. The highest BCUT2D eigenvalue weighted by Gasteiger charge is 2.43. The van der Waals surface area contributed by atoms with Crippen LogP contribution < -0.4 is 5.32 Å². The highest BCUT2D eigenvalue weighted by molar-refractivity contribution is 5.78. The van der Waals surface area contributed by atoms with E-state index >= 15 is 0 Å². The van der Waals surface area contributed by atoms with E-state index in [1.165, 1.54) is 12.1 Å². The van der Waals surface area contributed by atoms with Crippen LogP contribution in [-0.4, -0.2) is 41.1 Å². The summed E-state index contributed by atoms with van der Waals surface area (Å²) in [4.78, 5) is 13.7. The first-order valence-electron chi connectivity index (χ1n) is 6.85. The van der Waals surface area contributed by atoms with E-state index in [4.69, 9.17) is 0 Å². The molecule has 1 aliphatic rings. The van der Waals surface area contributed by atoms with Crippen LogP contribution in [0.2, 0.25) is 0 Å². The molecule has 0 radical (unpaired) electrons. The number of amides is 1. The lowest BCUT2D eigenvalue weighted by atomic mass is 9.83. The Bertz CT molecular complexity index is 467. The molecule has 2 N–H and O–H groups in total. The van der Waals surface area contributed by atoms with Crippen molar-refractivity contribution in [1.82, 2.24) is 10.2 Å². The molecule has 5 heteroatoms. The summed E-state index contributed by atoms with van der Waals surface area (Å²) in [6.07, 6.45) is 0. The SMILES string of the molecule is CC(C)C1(O)CN(CC(=O)NCc2ccc(F)cc2)C1. The van der Waals surface area contributed by atoms with E-state index in [1.807, 2.05) is 18.7 Å². The van der Waals surface area contributed by atoms with Crippen LogP contribution in [0.25, 0.3) is 0 Å². The van der Waals surface area contributed by atoms with E-state index in [0.29, 0.717) is 19.6 Å². The van der Waals surface area contributed by atoms with Gasteiger partial charge in [-0.15, -0.1) is 0 Å². The van der Waals surface area contributed by atoms with Crippen molar-refractivity contribution >= 4 is 5.91 Å². The number of nitrogens with one attached hydrogen (secondary N) is 1. The van der Waals surface area contributed by atoms with Gasteiger partial charge in [0.1, 0.15) is 5.82 Å². The highest BCUT2D eigenvalue weighted by Crippen LogP contribution is 2.27. The van der Waals surface area contributed by atoms with Crippen molar-refractivity contribution in [2.24, 2.45) is 5.92 Å². The molecule has 0 saturated carbocycles. The number of carbonyl (C=O) groups excluding carboxylic acids is 1. The molecule has 1 heterocycles. The number of rotatable bonds is 5. The minimum absolute atomic E-state index is 0.0832. The maximum absolute atomic E-state index is 12.7. The molecule has 0 unspecified atom stereocenters. The Labute approximate surface area is 118 Å². The standard InChI is InChI=1S/C15H21FN2O2/c1-11(2)15(20)9-18(10-15)8-14(19)17-7-12-3-5-13(16)6-4-12/h3-6,11,20H,7-10H2,1-2H3,(H,17,19). The number of likely N-dealkylation sites (tertiary alicyclic amines) is 1. The molecule has 0 atom stereocenters. The minimum atomic E-state index is -0.656. The van der Waals surface area contributed by atoms with Crippen molar-refractivity contribution in [3.63, 3.8) is 0 Å². The van der Waals surface area contributed by atoms with E-state index in [9.17, 15) is 14.3 Å². The molecule has 4 nitrogen and oxygen atoms in total. The Balaban J connectivity index is 1.71. The lowest BCUT2D eigenvalue weighted by Gasteiger charge is -2.48. The van der Waals surface area contributed by atoms with E-state index in [2.05, 4.69) is 5.32 Å². The normalized spacial score (nSPS) is 17.9. The van der Waals surface area contributed by atoms with Gasteiger partial charge < -0.3 is 10.4 Å². The fourth-order valence-electron chi connectivity index (χ4n) is 2.27. The predicted octanol–water partition coefficient (Wildman–Crippen LogP) is 1.14. The van der Waals surface area contributed by atoms with Gasteiger partial charge in [0.05, 0.1) is 12.1 Å². The Hall–Kier alpha value is -1.46. The van der Waals surface area contributed by atoms with Crippen LogP contribution in [0.3, 0.4) is 0 Å².